The fourth-order valence-electron chi connectivity index (χ4n) is 4.17. The third-order valence-electron chi connectivity index (χ3n) is 5.56. The van der Waals surface area contributed by atoms with Crippen molar-refractivity contribution in [3.05, 3.63) is 90.6 Å². The second-order valence-electron chi connectivity index (χ2n) is 8.51. The van der Waals surface area contributed by atoms with Crippen LogP contribution in [-0.4, -0.2) is 29.9 Å². The zero-order chi connectivity index (χ0) is 25.8. The molecule has 0 aliphatic carbocycles. The van der Waals surface area contributed by atoms with E-state index in [-0.39, 0.29) is 18.3 Å². The SMILES string of the molecule is CCOC(=O)C1=C(C)N=c2s/c(=C\c3cccc(OCC)c3)c(=O)n2C1c1ccccc1OC(C)C. The van der Waals surface area contributed by atoms with Crippen molar-refractivity contribution in [2.45, 2.75) is 46.8 Å². The van der Waals surface area contributed by atoms with Crippen molar-refractivity contribution in [1.82, 2.24) is 4.57 Å². The minimum atomic E-state index is -0.729. The summed E-state index contributed by atoms with van der Waals surface area (Å²) in [7, 11) is 0. The van der Waals surface area contributed by atoms with E-state index in [1.165, 1.54) is 11.3 Å². The number of hydrogen-bond acceptors (Lipinski definition) is 7. The van der Waals surface area contributed by atoms with Crippen LogP contribution in [0.5, 0.6) is 11.5 Å². The Morgan fingerprint density at radius 2 is 1.92 bits per heavy atom. The Hall–Kier alpha value is -3.65. The molecular weight excluding hydrogens is 476 g/mol. The summed E-state index contributed by atoms with van der Waals surface area (Å²) in [4.78, 5) is 32.1. The average Bonchev–Trinajstić information content (AvgIpc) is 3.13. The van der Waals surface area contributed by atoms with Crippen LogP contribution in [0.25, 0.3) is 6.08 Å². The zero-order valence-corrected chi connectivity index (χ0v) is 21.9. The summed E-state index contributed by atoms with van der Waals surface area (Å²) in [6.45, 7) is 10.1. The maximum absolute atomic E-state index is 13.8. The number of esters is 1. The molecule has 7 nitrogen and oxygen atoms in total. The number of para-hydroxylation sites is 1. The topological polar surface area (TPSA) is 79.1 Å². The molecule has 1 aromatic heterocycles. The third kappa shape index (κ3) is 5.14. The molecule has 0 N–H and O–H groups in total. The summed E-state index contributed by atoms with van der Waals surface area (Å²) in [6.07, 6.45) is 1.74. The third-order valence-corrected chi connectivity index (χ3v) is 6.54. The van der Waals surface area contributed by atoms with Crippen LogP contribution in [0.4, 0.5) is 0 Å². The largest absolute Gasteiger partial charge is 0.494 e. The molecule has 1 aliphatic heterocycles. The molecule has 0 radical (unpaired) electrons. The van der Waals surface area contributed by atoms with Gasteiger partial charge in [0.05, 0.1) is 35.1 Å². The van der Waals surface area contributed by atoms with Gasteiger partial charge in [-0.15, -0.1) is 0 Å². The van der Waals surface area contributed by atoms with Crippen molar-refractivity contribution >= 4 is 23.4 Å². The van der Waals surface area contributed by atoms with Crippen molar-refractivity contribution in [1.29, 1.82) is 0 Å². The van der Waals surface area contributed by atoms with E-state index in [2.05, 4.69) is 4.99 Å². The van der Waals surface area contributed by atoms with Crippen molar-refractivity contribution in [3.8, 4) is 11.5 Å². The number of thiazole rings is 1. The molecule has 1 atom stereocenters. The molecule has 3 aromatic rings. The molecule has 0 saturated heterocycles. The van der Waals surface area contributed by atoms with Crippen molar-refractivity contribution < 1.29 is 19.0 Å². The highest BCUT2D eigenvalue weighted by Crippen LogP contribution is 2.36. The van der Waals surface area contributed by atoms with Gasteiger partial charge >= 0.3 is 5.97 Å². The molecule has 2 heterocycles. The Morgan fingerprint density at radius 3 is 2.64 bits per heavy atom. The highest BCUT2D eigenvalue weighted by Gasteiger charge is 2.35. The van der Waals surface area contributed by atoms with E-state index in [1.807, 2.05) is 75.4 Å². The number of ether oxygens (including phenoxy) is 3. The molecule has 2 aromatic carbocycles. The number of allylic oxidation sites excluding steroid dienone is 1. The maximum atomic E-state index is 13.8. The van der Waals surface area contributed by atoms with E-state index in [0.717, 1.165) is 11.3 Å². The predicted molar refractivity (Wildman–Crippen MR) is 140 cm³/mol. The Balaban J connectivity index is 1.95. The lowest BCUT2D eigenvalue weighted by atomic mass is 9.95. The molecule has 1 unspecified atom stereocenters. The van der Waals surface area contributed by atoms with E-state index in [9.17, 15) is 9.59 Å². The number of aromatic nitrogens is 1. The quantitative estimate of drug-likeness (QED) is 0.432. The first kappa shape index (κ1) is 25.4. The van der Waals surface area contributed by atoms with Crippen LogP contribution in [-0.2, 0) is 9.53 Å². The molecule has 8 heteroatoms. The molecule has 0 amide bonds. The summed E-state index contributed by atoms with van der Waals surface area (Å²) < 4.78 is 19.1. The number of rotatable bonds is 8. The zero-order valence-electron chi connectivity index (χ0n) is 21.1. The maximum Gasteiger partial charge on any atom is 0.338 e. The van der Waals surface area contributed by atoms with Gasteiger partial charge in [-0.25, -0.2) is 9.79 Å². The normalized spacial score (nSPS) is 15.5. The van der Waals surface area contributed by atoms with Gasteiger partial charge in [-0.1, -0.05) is 41.7 Å². The summed E-state index contributed by atoms with van der Waals surface area (Å²) in [6, 6.07) is 14.3. The van der Waals surface area contributed by atoms with Crippen LogP contribution < -0.4 is 24.4 Å². The highest BCUT2D eigenvalue weighted by molar-refractivity contribution is 7.07. The van der Waals surface area contributed by atoms with Gasteiger partial charge in [0.25, 0.3) is 5.56 Å². The van der Waals surface area contributed by atoms with Gasteiger partial charge in [0.1, 0.15) is 17.5 Å². The lowest BCUT2D eigenvalue weighted by molar-refractivity contribution is -0.139. The van der Waals surface area contributed by atoms with Crippen LogP contribution in [0, 0.1) is 0 Å². The van der Waals surface area contributed by atoms with Crippen molar-refractivity contribution in [2.24, 2.45) is 4.99 Å². The Labute approximate surface area is 214 Å². The lowest BCUT2D eigenvalue weighted by Gasteiger charge is -2.26. The average molecular weight is 507 g/mol. The minimum absolute atomic E-state index is 0.0873. The Morgan fingerprint density at radius 1 is 1.14 bits per heavy atom. The molecule has 0 saturated carbocycles. The van der Waals surface area contributed by atoms with Gasteiger partial charge in [-0.2, -0.15) is 0 Å². The van der Waals surface area contributed by atoms with Gasteiger partial charge < -0.3 is 14.2 Å². The molecule has 4 rings (SSSR count). The van der Waals surface area contributed by atoms with Crippen LogP contribution >= 0.6 is 11.3 Å². The Bertz CT molecular complexity index is 1480. The number of fused-ring (bicyclic) bond motifs is 1. The van der Waals surface area contributed by atoms with Gasteiger partial charge in [-0.05, 0) is 64.5 Å². The summed E-state index contributed by atoms with van der Waals surface area (Å²) in [5.74, 6) is 0.840. The Kier molecular flexibility index (Phi) is 7.74. The standard InChI is InChI=1S/C28H30N2O5S/c1-6-33-20-12-10-11-19(15-20)16-23-26(31)30-25(21-13-8-9-14-22(21)35-17(3)4)24(27(32)34-7-2)18(5)29-28(30)36-23/h8-17,25H,6-7H2,1-5H3/b23-16-. The summed E-state index contributed by atoms with van der Waals surface area (Å²) in [5.41, 5.74) is 2.15. The van der Waals surface area contributed by atoms with Crippen LogP contribution in [0.1, 0.15) is 51.8 Å². The van der Waals surface area contributed by atoms with Gasteiger partial charge in [0.2, 0.25) is 0 Å². The minimum Gasteiger partial charge on any atom is -0.494 e. The van der Waals surface area contributed by atoms with Crippen LogP contribution in [0.2, 0.25) is 0 Å². The van der Waals surface area contributed by atoms with Crippen molar-refractivity contribution in [3.63, 3.8) is 0 Å². The molecule has 0 spiro atoms. The smallest absolute Gasteiger partial charge is 0.338 e. The first-order chi connectivity index (χ1) is 17.3. The first-order valence-corrected chi connectivity index (χ1v) is 12.8. The van der Waals surface area contributed by atoms with Gasteiger partial charge in [0.15, 0.2) is 4.80 Å². The number of carbonyl (C=O) groups excluding carboxylic acids is 1. The van der Waals surface area contributed by atoms with E-state index in [1.54, 1.807) is 18.4 Å². The lowest BCUT2D eigenvalue weighted by Crippen LogP contribution is -2.40. The fourth-order valence-corrected chi connectivity index (χ4v) is 5.21. The number of hydrogen-bond donors (Lipinski definition) is 0. The van der Waals surface area contributed by atoms with Crippen molar-refractivity contribution in [2.75, 3.05) is 13.2 Å². The van der Waals surface area contributed by atoms with Crippen LogP contribution in [0.15, 0.2) is 69.6 Å². The number of benzene rings is 2. The highest BCUT2D eigenvalue weighted by atomic mass is 32.1. The first-order valence-electron chi connectivity index (χ1n) is 12.0. The van der Waals surface area contributed by atoms with E-state index in [0.29, 0.717) is 38.5 Å². The molecule has 0 fully saturated rings. The van der Waals surface area contributed by atoms with E-state index < -0.39 is 12.0 Å². The van der Waals surface area contributed by atoms with Crippen LogP contribution in [0.3, 0.4) is 0 Å². The van der Waals surface area contributed by atoms with Gasteiger partial charge in [0, 0.05) is 5.56 Å². The number of nitrogens with zero attached hydrogens (tertiary/aromatic N) is 2. The monoisotopic (exact) mass is 506 g/mol. The molecule has 36 heavy (non-hydrogen) atoms. The van der Waals surface area contributed by atoms with Gasteiger partial charge in [-0.3, -0.25) is 9.36 Å². The number of carbonyl (C=O) groups is 1. The second kappa shape index (κ2) is 11.0. The van der Waals surface area contributed by atoms with E-state index in [4.69, 9.17) is 14.2 Å². The summed E-state index contributed by atoms with van der Waals surface area (Å²) >= 11 is 1.29. The fraction of sp³-hybridized carbons (Fsp3) is 0.321. The second-order valence-corrected chi connectivity index (χ2v) is 9.52. The van der Waals surface area contributed by atoms with E-state index >= 15 is 0 Å². The molecule has 188 valence electrons. The summed E-state index contributed by atoms with van der Waals surface area (Å²) in [5, 5.41) is 0. The molecular formula is C28H30N2O5S. The molecule has 0 bridgehead atoms. The predicted octanol–water partition coefficient (Wildman–Crippen LogP) is 3.98. The molecule has 1 aliphatic rings.